The number of aliphatic hydroxyl groups excluding tert-OH is 2. The topological polar surface area (TPSA) is 75.7 Å². The minimum atomic E-state index is -4.59. The van der Waals surface area contributed by atoms with Gasteiger partial charge in [0.05, 0.1) is 24.3 Å². The first-order chi connectivity index (χ1) is 13.7. The number of alkyl halides is 3. The van der Waals surface area contributed by atoms with Gasteiger partial charge in [-0.1, -0.05) is 35.9 Å². The summed E-state index contributed by atoms with van der Waals surface area (Å²) in [5, 5.41) is 19.0. The van der Waals surface area contributed by atoms with E-state index in [1.54, 1.807) is 30.4 Å². The Morgan fingerprint density at radius 3 is 2.41 bits per heavy atom. The van der Waals surface area contributed by atoms with E-state index in [0.717, 1.165) is 11.6 Å². The molecule has 0 unspecified atom stereocenters. The quantitative estimate of drug-likeness (QED) is 0.561. The fourth-order valence-corrected chi connectivity index (χ4v) is 2.81. The van der Waals surface area contributed by atoms with Gasteiger partial charge in [0, 0.05) is 5.02 Å². The molecule has 0 fully saturated rings. The molecule has 0 saturated carbocycles. The van der Waals surface area contributed by atoms with Gasteiger partial charge in [-0.2, -0.15) is 13.2 Å². The Morgan fingerprint density at radius 2 is 1.79 bits per heavy atom. The number of halogens is 4. The van der Waals surface area contributed by atoms with Crippen molar-refractivity contribution in [2.24, 2.45) is 5.73 Å². The highest BCUT2D eigenvalue weighted by Crippen LogP contribution is 2.37. The van der Waals surface area contributed by atoms with Gasteiger partial charge in [0.25, 0.3) is 0 Å². The molecule has 2 aromatic rings. The van der Waals surface area contributed by atoms with Crippen molar-refractivity contribution in [1.29, 1.82) is 0 Å². The number of aryl methyl sites for hydroxylation is 1. The van der Waals surface area contributed by atoms with Crippen LogP contribution in [0.15, 0.2) is 48.5 Å². The molecule has 0 aliphatic carbocycles. The number of ether oxygens (including phenoxy) is 1. The summed E-state index contributed by atoms with van der Waals surface area (Å²) in [6.45, 7) is -0.971. The number of aliphatic hydroxyl groups is 2. The molecule has 0 radical (unpaired) electrons. The molecule has 2 aromatic carbocycles. The van der Waals surface area contributed by atoms with Crippen LogP contribution in [0.3, 0.4) is 0 Å². The molecule has 4 N–H and O–H groups in total. The smallest absolute Gasteiger partial charge is 0.419 e. The summed E-state index contributed by atoms with van der Waals surface area (Å²) < 4.78 is 45.6. The van der Waals surface area contributed by atoms with Crippen molar-refractivity contribution in [2.75, 3.05) is 19.8 Å². The second-order valence-electron chi connectivity index (χ2n) is 6.78. The van der Waals surface area contributed by atoms with Crippen LogP contribution < -0.4 is 10.5 Å². The zero-order chi connectivity index (χ0) is 21.5. The highest BCUT2D eigenvalue weighted by Gasteiger charge is 2.35. The van der Waals surface area contributed by atoms with Crippen LogP contribution in [0.1, 0.15) is 23.1 Å². The van der Waals surface area contributed by atoms with Crippen LogP contribution in [-0.4, -0.2) is 35.6 Å². The molecular formula is C21H23ClF3NO3. The maximum Gasteiger partial charge on any atom is 0.419 e. The first kappa shape index (κ1) is 23.2. The lowest BCUT2D eigenvalue weighted by Gasteiger charge is -2.24. The van der Waals surface area contributed by atoms with Gasteiger partial charge in [-0.25, -0.2) is 0 Å². The molecule has 4 nitrogen and oxygen atoms in total. The standard InChI is InChI=1S/C21H23ClF3NO3/c22-17-5-1-3-15(11-17)4-2-10-29-19-7-6-16(12-18(19)21(23,24)25)8-9-20(26,13-27)14-28/h1-7,11-12,27-28H,8-10,13-14,26H2. The van der Waals surface area contributed by atoms with Gasteiger partial charge in [0.1, 0.15) is 12.4 Å². The lowest BCUT2D eigenvalue weighted by Crippen LogP contribution is -2.47. The number of nitrogens with two attached hydrogens (primary N) is 1. The van der Waals surface area contributed by atoms with Crippen molar-refractivity contribution < 1.29 is 28.1 Å². The molecular weight excluding hydrogens is 407 g/mol. The fourth-order valence-electron chi connectivity index (χ4n) is 2.61. The SMILES string of the molecule is NC(CO)(CO)CCc1ccc(OCC=Cc2cccc(Cl)c2)c(C(F)(F)F)c1. The first-order valence-electron chi connectivity index (χ1n) is 8.92. The summed E-state index contributed by atoms with van der Waals surface area (Å²) in [5.74, 6) is -0.277. The van der Waals surface area contributed by atoms with Crippen molar-refractivity contribution in [1.82, 2.24) is 0 Å². The van der Waals surface area contributed by atoms with E-state index in [1.165, 1.54) is 12.1 Å². The van der Waals surface area contributed by atoms with Gasteiger partial charge < -0.3 is 20.7 Å². The Balaban J connectivity index is 2.09. The van der Waals surface area contributed by atoms with E-state index in [-0.39, 0.29) is 25.2 Å². The van der Waals surface area contributed by atoms with Gasteiger partial charge in [-0.3, -0.25) is 0 Å². The maximum atomic E-state index is 13.4. The Hall–Kier alpha value is -2.06. The van der Waals surface area contributed by atoms with Crippen LogP contribution in [0.25, 0.3) is 6.08 Å². The minimum Gasteiger partial charge on any atom is -0.489 e. The lowest BCUT2D eigenvalue weighted by atomic mass is 9.93. The van der Waals surface area contributed by atoms with Gasteiger partial charge in [-0.05, 0) is 54.3 Å². The monoisotopic (exact) mass is 429 g/mol. The maximum absolute atomic E-state index is 13.4. The Morgan fingerprint density at radius 1 is 1.07 bits per heavy atom. The third-order valence-corrected chi connectivity index (χ3v) is 4.62. The summed E-state index contributed by atoms with van der Waals surface area (Å²) in [4.78, 5) is 0. The molecule has 0 spiro atoms. The Kier molecular flexibility index (Phi) is 8.10. The lowest BCUT2D eigenvalue weighted by molar-refractivity contribution is -0.138. The summed E-state index contributed by atoms with van der Waals surface area (Å²) in [6.07, 6.45) is -0.964. The van der Waals surface area contributed by atoms with Crippen LogP contribution in [0.4, 0.5) is 13.2 Å². The van der Waals surface area contributed by atoms with Crippen LogP contribution in [-0.2, 0) is 12.6 Å². The summed E-state index contributed by atoms with van der Waals surface area (Å²) in [6, 6.07) is 10.8. The van der Waals surface area contributed by atoms with Gasteiger partial charge in [-0.15, -0.1) is 0 Å². The number of benzene rings is 2. The molecule has 8 heteroatoms. The molecule has 2 rings (SSSR count). The van der Waals surface area contributed by atoms with E-state index in [4.69, 9.17) is 22.1 Å². The molecule has 0 aromatic heterocycles. The van der Waals surface area contributed by atoms with E-state index in [2.05, 4.69) is 0 Å². The minimum absolute atomic E-state index is 0.0458. The van der Waals surface area contributed by atoms with E-state index in [9.17, 15) is 23.4 Å². The fraction of sp³-hybridized carbons (Fsp3) is 0.333. The molecule has 158 valence electrons. The second kappa shape index (κ2) is 10.1. The van der Waals surface area contributed by atoms with Crippen LogP contribution >= 0.6 is 11.6 Å². The average molecular weight is 430 g/mol. The normalized spacial score (nSPS) is 12.5. The second-order valence-corrected chi connectivity index (χ2v) is 7.21. The van der Waals surface area contributed by atoms with E-state index >= 15 is 0 Å². The summed E-state index contributed by atoms with van der Waals surface area (Å²) in [7, 11) is 0. The molecule has 29 heavy (non-hydrogen) atoms. The predicted octanol–water partition coefficient (Wildman–Crippen LogP) is 4.07. The highest BCUT2D eigenvalue weighted by molar-refractivity contribution is 6.30. The Labute approximate surface area is 172 Å². The van der Waals surface area contributed by atoms with Crippen LogP contribution in [0.5, 0.6) is 5.75 Å². The van der Waals surface area contributed by atoms with Gasteiger partial charge in [0.15, 0.2) is 0 Å². The van der Waals surface area contributed by atoms with E-state index in [0.29, 0.717) is 10.6 Å². The van der Waals surface area contributed by atoms with Gasteiger partial charge >= 0.3 is 6.18 Å². The van der Waals surface area contributed by atoms with Crippen molar-refractivity contribution in [3.63, 3.8) is 0 Å². The molecule has 0 saturated heterocycles. The molecule has 0 atom stereocenters. The first-order valence-corrected chi connectivity index (χ1v) is 9.30. The number of rotatable bonds is 9. The zero-order valence-corrected chi connectivity index (χ0v) is 16.4. The van der Waals surface area contributed by atoms with Crippen LogP contribution in [0, 0.1) is 0 Å². The van der Waals surface area contributed by atoms with Crippen molar-refractivity contribution in [2.45, 2.75) is 24.6 Å². The average Bonchev–Trinajstić information content (AvgIpc) is 2.69. The number of hydrogen-bond donors (Lipinski definition) is 3. The molecule has 0 bridgehead atoms. The molecule has 0 heterocycles. The molecule has 0 amide bonds. The summed E-state index contributed by atoms with van der Waals surface area (Å²) in [5.41, 5.74) is 4.84. The van der Waals surface area contributed by atoms with Crippen molar-refractivity contribution in [3.8, 4) is 5.75 Å². The van der Waals surface area contributed by atoms with Crippen molar-refractivity contribution >= 4 is 17.7 Å². The number of hydrogen-bond acceptors (Lipinski definition) is 4. The largest absolute Gasteiger partial charge is 0.489 e. The summed E-state index contributed by atoms with van der Waals surface area (Å²) >= 11 is 5.89. The van der Waals surface area contributed by atoms with Gasteiger partial charge in [0.2, 0.25) is 0 Å². The third kappa shape index (κ3) is 7.04. The molecule has 0 aliphatic rings. The van der Waals surface area contributed by atoms with E-state index in [1.807, 2.05) is 6.07 Å². The van der Waals surface area contributed by atoms with E-state index < -0.39 is 30.5 Å². The molecule has 0 aliphatic heterocycles. The zero-order valence-electron chi connectivity index (χ0n) is 15.6. The highest BCUT2D eigenvalue weighted by atomic mass is 35.5. The third-order valence-electron chi connectivity index (χ3n) is 4.38. The van der Waals surface area contributed by atoms with Crippen molar-refractivity contribution in [3.05, 3.63) is 70.3 Å². The Bertz CT molecular complexity index is 836. The van der Waals surface area contributed by atoms with Crippen LogP contribution in [0.2, 0.25) is 5.02 Å². The predicted molar refractivity (Wildman–Crippen MR) is 107 cm³/mol.